The average molecular weight is 241 g/mol. The lowest BCUT2D eigenvalue weighted by Gasteiger charge is -2.40. The van der Waals surface area contributed by atoms with Crippen LogP contribution in [0.3, 0.4) is 0 Å². The van der Waals surface area contributed by atoms with Crippen molar-refractivity contribution < 1.29 is 9.90 Å². The van der Waals surface area contributed by atoms with Gasteiger partial charge in [-0.05, 0) is 44.4 Å². The molecule has 0 radical (unpaired) electrons. The fourth-order valence-electron chi connectivity index (χ4n) is 2.61. The Balaban J connectivity index is 2.69. The van der Waals surface area contributed by atoms with E-state index in [-0.39, 0.29) is 6.04 Å². The molecule has 2 N–H and O–H groups in total. The van der Waals surface area contributed by atoms with Gasteiger partial charge in [0.25, 0.3) is 0 Å². The zero-order valence-electron chi connectivity index (χ0n) is 11.6. The van der Waals surface area contributed by atoms with Crippen LogP contribution < -0.4 is 5.32 Å². The molecule has 3 heteroatoms. The van der Waals surface area contributed by atoms with Gasteiger partial charge in [-0.1, -0.05) is 27.2 Å². The molecule has 0 saturated heterocycles. The summed E-state index contributed by atoms with van der Waals surface area (Å²) in [5.41, 5.74) is -0.671. The molecule has 0 aromatic carbocycles. The topological polar surface area (TPSA) is 49.3 Å². The quantitative estimate of drug-likeness (QED) is 0.778. The van der Waals surface area contributed by atoms with Gasteiger partial charge < -0.3 is 5.11 Å². The van der Waals surface area contributed by atoms with Crippen LogP contribution in [-0.4, -0.2) is 22.7 Å². The molecule has 0 spiro atoms. The van der Waals surface area contributed by atoms with E-state index in [1.165, 1.54) is 0 Å². The Hall–Kier alpha value is -0.570. The molecule has 3 nitrogen and oxygen atoms in total. The van der Waals surface area contributed by atoms with E-state index in [4.69, 9.17) is 0 Å². The first-order valence-corrected chi connectivity index (χ1v) is 6.92. The molecule has 1 aliphatic carbocycles. The Kier molecular flexibility index (Phi) is 4.99. The van der Waals surface area contributed by atoms with E-state index in [1.54, 1.807) is 0 Å². The van der Waals surface area contributed by atoms with Gasteiger partial charge in [0.05, 0.1) is 0 Å². The zero-order valence-corrected chi connectivity index (χ0v) is 11.6. The van der Waals surface area contributed by atoms with Crippen LogP contribution in [0.1, 0.15) is 59.8 Å². The minimum atomic E-state index is -0.671. The van der Waals surface area contributed by atoms with E-state index in [2.05, 4.69) is 33.0 Å². The number of carboxylic acids is 1. The average Bonchev–Trinajstić information content (AvgIpc) is 2.30. The van der Waals surface area contributed by atoms with E-state index < -0.39 is 11.5 Å². The van der Waals surface area contributed by atoms with Crippen molar-refractivity contribution in [1.29, 1.82) is 0 Å². The van der Waals surface area contributed by atoms with Crippen LogP contribution in [0.25, 0.3) is 0 Å². The molecule has 2 unspecified atom stereocenters. The summed E-state index contributed by atoms with van der Waals surface area (Å²) < 4.78 is 0. The van der Waals surface area contributed by atoms with Crippen molar-refractivity contribution in [3.8, 4) is 0 Å². The van der Waals surface area contributed by atoms with E-state index in [0.29, 0.717) is 11.8 Å². The maximum Gasteiger partial charge on any atom is 0.323 e. The highest BCUT2D eigenvalue weighted by Gasteiger charge is 2.42. The molecule has 2 atom stereocenters. The fraction of sp³-hybridized carbons (Fsp3) is 0.929. The van der Waals surface area contributed by atoms with E-state index in [0.717, 1.165) is 32.1 Å². The molecule has 0 heterocycles. The number of aliphatic carboxylic acids is 1. The summed E-state index contributed by atoms with van der Waals surface area (Å²) in [5.74, 6) is 0.522. The Labute approximate surface area is 105 Å². The summed E-state index contributed by atoms with van der Waals surface area (Å²) >= 11 is 0. The first-order valence-electron chi connectivity index (χ1n) is 6.92. The molecule has 0 aromatic rings. The molecule has 1 rings (SSSR count). The van der Waals surface area contributed by atoms with Crippen molar-refractivity contribution in [2.75, 3.05) is 0 Å². The van der Waals surface area contributed by atoms with Crippen LogP contribution in [0, 0.1) is 11.8 Å². The van der Waals surface area contributed by atoms with Gasteiger partial charge in [-0.25, -0.2) is 0 Å². The second-order valence-electron chi connectivity index (χ2n) is 5.89. The lowest BCUT2D eigenvalue weighted by molar-refractivity contribution is -0.147. The van der Waals surface area contributed by atoms with Crippen molar-refractivity contribution >= 4 is 5.97 Å². The molecule has 0 amide bonds. The molecule has 17 heavy (non-hydrogen) atoms. The summed E-state index contributed by atoms with van der Waals surface area (Å²) in [5, 5.41) is 12.9. The Morgan fingerprint density at radius 3 is 2.35 bits per heavy atom. The summed E-state index contributed by atoms with van der Waals surface area (Å²) in [4.78, 5) is 11.6. The highest BCUT2D eigenvalue weighted by Crippen LogP contribution is 2.33. The zero-order chi connectivity index (χ0) is 13.1. The molecule has 0 aromatic heterocycles. The smallest absolute Gasteiger partial charge is 0.323 e. The van der Waals surface area contributed by atoms with Crippen molar-refractivity contribution in [1.82, 2.24) is 5.32 Å². The van der Waals surface area contributed by atoms with Crippen LogP contribution in [-0.2, 0) is 4.79 Å². The van der Waals surface area contributed by atoms with Crippen molar-refractivity contribution in [2.45, 2.75) is 71.4 Å². The first kappa shape index (κ1) is 14.5. The lowest BCUT2D eigenvalue weighted by atomic mass is 9.76. The van der Waals surface area contributed by atoms with Crippen molar-refractivity contribution in [3.63, 3.8) is 0 Å². The number of carbonyl (C=O) groups is 1. The van der Waals surface area contributed by atoms with Crippen LogP contribution >= 0.6 is 0 Å². The number of rotatable bonds is 5. The predicted molar refractivity (Wildman–Crippen MR) is 70.1 cm³/mol. The van der Waals surface area contributed by atoms with Gasteiger partial charge in [0.2, 0.25) is 0 Å². The van der Waals surface area contributed by atoms with Crippen LogP contribution in [0.4, 0.5) is 0 Å². The van der Waals surface area contributed by atoms with E-state index in [9.17, 15) is 9.90 Å². The van der Waals surface area contributed by atoms with E-state index in [1.807, 2.05) is 0 Å². The summed E-state index contributed by atoms with van der Waals surface area (Å²) in [7, 11) is 0. The summed E-state index contributed by atoms with van der Waals surface area (Å²) in [6.07, 6.45) is 4.66. The normalized spacial score (nSPS) is 33.1. The number of carboxylic acid groups (broad SMARTS) is 1. The first-order chi connectivity index (χ1) is 7.91. The van der Waals surface area contributed by atoms with Gasteiger partial charge in [-0.15, -0.1) is 0 Å². The van der Waals surface area contributed by atoms with Crippen LogP contribution in [0.15, 0.2) is 0 Å². The molecule has 0 bridgehead atoms. The second kappa shape index (κ2) is 5.85. The Morgan fingerprint density at radius 2 is 1.94 bits per heavy atom. The molecule has 1 aliphatic rings. The third kappa shape index (κ3) is 3.44. The van der Waals surface area contributed by atoms with Gasteiger partial charge in [-0.3, -0.25) is 10.1 Å². The standard InChI is InChI=1S/C14H27NO2/c1-5-11(3)12(4)15-14(13(16)17)8-6-10(2)7-9-14/h10-12,15H,5-9H2,1-4H3,(H,16,17). The minimum Gasteiger partial charge on any atom is -0.480 e. The van der Waals surface area contributed by atoms with Gasteiger partial charge in [0.1, 0.15) is 5.54 Å². The lowest BCUT2D eigenvalue weighted by Crippen LogP contribution is -2.58. The summed E-state index contributed by atoms with van der Waals surface area (Å²) in [6, 6.07) is 0.268. The minimum absolute atomic E-state index is 0.268. The van der Waals surface area contributed by atoms with Crippen molar-refractivity contribution in [2.24, 2.45) is 11.8 Å². The molecule has 100 valence electrons. The maximum atomic E-state index is 11.6. The van der Waals surface area contributed by atoms with Gasteiger partial charge in [-0.2, -0.15) is 0 Å². The van der Waals surface area contributed by atoms with E-state index >= 15 is 0 Å². The number of hydrogen-bond donors (Lipinski definition) is 2. The van der Waals surface area contributed by atoms with Gasteiger partial charge >= 0.3 is 5.97 Å². The molecule has 0 aliphatic heterocycles. The Bertz CT molecular complexity index is 257. The van der Waals surface area contributed by atoms with Gasteiger partial charge in [0, 0.05) is 6.04 Å². The highest BCUT2D eigenvalue weighted by molar-refractivity contribution is 5.79. The third-order valence-corrected chi connectivity index (χ3v) is 4.54. The van der Waals surface area contributed by atoms with Crippen LogP contribution in [0.2, 0.25) is 0 Å². The van der Waals surface area contributed by atoms with Crippen molar-refractivity contribution in [3.05, 3.63) is 0 Å². The second-order valence-corrected chi connectivity index (χ2v) is 5.89. The summed E-state index contributed by atoms with van der Waals surface area (Å²) in [6.45, 7) is 8.65. The maximum absolute atomic E-state index is 11.6. The predicted octanol–water partition coefficient (Wildman–Crippen LogP) is 3.04. The number of hydrogen-bond acceptors (Lipinski definition) is 2. The highest BCUT2D eigenvalue weighted by atomic mass is 16.4. The van der Waals surface area contributed by atoms with Gasteiger partial charge in [0.15, 0.2) is 0 Å². The van der Waals surface area contributed by atoms with Crippen LogP contribution in [0.5, 0.6) is 0 Å². The molecular weight excluding hydrogens is 214 g/mol. The third-order valence-electron chi connectivity index (χ3n) is 4.54. The monoisotopic (exact) mass is 241 g/mol. The largest absolute Gasteiger partial charge is 0.480 e. The fourth-order valence-corrected chi connectivity index (χ4v) is 2.61. The SMILES string of the molecule is CCC(C)C(C)NC1(C(=O)O)CCC(C)CC1. The molecule has 1 saturated carbocycles. The Morgan fingerprint density at radius 1 is 1.41 bits per heavy atom. The molecule has 1 fully saturated rings. The molecular formula is C14H27NO2. The number of nitrogens with one attached hydrogen (secondary N) is 1.